The number of nitriles is 1. The van der Waals surface area contributed by atoms with Gasteiger partial charge in [-0.3, -0.25) is 0 Å². The summed E-state index contributed by atoms with van der Waals surface area (Å²) in [6.45, 7) is 4.01. The Bertz CT molecular complexity index is 438. The van der Waals surface area contributed by atoms with Gasteiger partial charge in [0.1, 0.15) is 0 Å². The minimum atomic E-state index is -0.543. The van der Waals surface area contributed by atoms with E-state index in [1.54, 1.807) is 0 Å². The van der Waals surface area contributed by atoms with Crippen LogP contribution in [0.4, 0.5) is 0 Å². The Labute approximate surface area is 103 Å². The summed E-state index contributed by atoms with van der Waals surface area (Å²) in [5.41, 5.74) is 1.66. The van der Waals surface area contributed by atoms with Crippen LogP contribution in [0.5, 0.6) is 0 Å². The van der Waals surface area contributed by atoms with Crippen molar-refractivity contribution in [3.05, 3.63) is 35.5 Å². The highest BCUT2D eigenvalue weighted by Gasteiger charge is 2.29. The van der Waals surface area contributed by atoms with Crippen LogP contribution in [0.3, 0.4) is 0 Å². The molecule has 2 aliphatic rings. The molecule has 17 heavy (non-hydrogen) atoms. The third-order valence-corrected chi connectivity index (χ3v) is 3.93. The molecule has 0 spiro atoms. The number of hydrogen-bond acceptors (Lipinski definition) is 2. The Morgan fingerprint density at radius 3 is 2.82 bits per heavy atom. The smallest absolute Gasteiger partial charge is 0.0911 e. The maximum absolute atomic E-state index is 10.3. The number of aliphatic hydroxyl groups excluding tert-OH is 1. The minimum Gasteiger partial charge on any atom is -0.388 e. The van der Waals surface area contributed by atoms with Crippen molar-refractivity contribution in [2.75, 3.05) is 0 Å². The van der Waals surface area contributed by atoms with Gasteiger partial charge in [-0.25, -0.2) is 0 Å². The second-order valence-electron chi connectivity index (χ2n) is 5.19. The summed E-state index contributed by atoms with van der Waals surface area (Å²) in [4.78, 5) is 0. The average molecular weight is 229 g/mol. The fourth-order valence-corrected chi connectivity index (χ4v) is 2.57. The molecule has 0 aromatic rings. The van der Waals surface area contributed by atoms with Crippen LogP contribution in [0.25, 0.3) is 0 Å². The van der Waals surface area contributed by atoms with Gasteiger partial charge in [0.25, 0.3) is 0 Å². The Morgan fingerprint density at radius 2 is 2.18 bits per heavy atom. The van der Waals surface area contributed by atoms with Crippen LogP contribution in [-0.2, 0) is 0 Å². The van der Waals surface area contributed by atoms with Crippen LogP contribution in [0.2, 0.25) is 0 Å². The van der Waals surface area contributed by atoms with Crippen molar-refractivity contribution < 1.29 is 5.11 Å². The summed E-state index contributed by atoms with van der Waals surface area (Å²) in [5.74, 6) is 0.359. The SMILES string of the molecule is CCC1CCC2=C(C=CC(C)(C#N)C=C2)C1O. The summed E-state index contributed by atoms with van der Waals surface area (Å²) in [6, 6.07) is 2.29. The number of aliphatic hydroxyl groups is 1. The van der Waals surface area contributed by atoms with Gasteiger partial charge in [-0.15, -0.1) is 0 Å². The second-order valence-corrected chi connectivity index (χ2v) is 5.19. The molecule has 0 aromatic heterocycles. The highest BCUT2D eigenvalue weighted by Crippen LogP contribution is 2.36. The van der Waals surface area contributed by atoms with Crippen LogP contribution in [0.1, 0.15) is 33.1 Å². The normalized spacial score (nSPS) is 36.4. The molecule has 2 heteroatoms. The van der Waals surface area contributed by atoms with Gasteiger partial charge in [0.2, 0.25) is 0 Å². The lowest BCUT2D eigenvalue weighted by atomic mass is 9.80. The van der Waals surface area contributed by atoms with Gasteiger partial charge in [-0.2, -0.15) is 5.26 Å². The molecule has 0 aromatic carbocycles. The van der Waals surface area contributed by atoms with Crippen LogP contribution in [-0.4, -0.2) is 11.2 Å². The molecule has 2 aliphatic carbocycles. The molecule has 2 rings (SSSR count). The minimum absolute atomic E-state index is 0.359. The van der Waals surface area contributed by atoms with Crippen molar-refractivity contribution in [1.82, 2.24) is 0 Å². The molecule has 3 unspecified atom stereocenters. The molecular weight excluding hydrogens is 210 g/mol. The molecule has 0 bridgehead atoms. The summed E-state index contributed by atoms with van der Waals surface area (Å²) < 4.78 is 0. The monoisotopic (exact) mass is 229 g/mol. The lowest BCUT2D eigenvalue weighted by molar-refractivity contribution is 0.127. The van der Waals surface area contributed by atoms with E-state index in [1.807, 2.05) is 31.2 Å². The largest absolute Gasteiger partial charge is 0.388 e. The van der Waals surface area contributed by atoms with Crippen molar-refractivity contribution in [2.24, 2.45) is 11.3 Å². The molecule has 0 aliphatic heterocycles. The zero-order chi connectivity index (χ0) is 12.5. The number of rotatable bonds is 1. The molecule has 2 nitrogen and oxygen atoms in total. The summed E-state index contributed by atoms with van der Waals surface area (Å²) in [6.07, 6.45) is 10.5. The quantitative estimate of drug-likeness (QED) is 0.750. The Balaban J connectivity index is 2.35. The summed E-state index contributed by atoms with van der Waals surface area (Å²) in [5, 5.41) is 19.4. The van der Waals surface area contributed by atoms with E-state index in [1.165, 1.54) is 5.57 Å². The molecule has 0 amide bonds. The Hall–Kier alpha value is -1.33. The lowest BCUT2D eigenvalue weighted by Crippen LogP contribution is -2.26. The van der Waals surface area contributed by atoms with Crippen molar-refractivity contribution in [3.8, 4) is 6.07 Å². The summed E-state index contributed by atoms with van der Waals surface area (Å²) in [7, 11) is 0. The van der Waals surface area contributed by atoms with Gasteiger partial charge in [0, 0.05) is 0 Å². The third-order valence-electron chi connectivity index (χ3n) is 3.93. The number of allylic oxidation sites excluding steroid dienone is 4. The van der Waals surface area contributed by atoms with Gasteiger partial charge in [0.15, 0.2) is 0 Å². The molecular formula is C15H19NO. The van der Waals surface area contributed by atoms with Gasteiger partial charge in [-0.1, -0.05) is 37.6 Å². The summed E-state index contributed by atoms with van der Waals surface area (Å²) >= 11 is 0. The predicted octanol–water partition coefficient (Wildman–Crippen LogP) is 3.12. The molecule has 0 saturated heterocycles. The second kappa shape index (κ2) is 4.50. The molecule has 1 N–H and O–H groups in total. The average Bonchev–Trinajstić information content (AvgIpc) is 2.51. The van der Waals surface area contributed by atoms with Crippen LogP contribution < -0.4 is 0 Å². The van der Waals surface area contributed by atoms with E-state index in [4.69, 9.17) is 5.26 Å². The standard InChI is InChI=1S/C15H19NO/c1-3-11-4-5-12-6-8-15(2,10-16)9-7-13(12)14(11)17/h6-9,11,14,17H,3-5H2,1-2H3. The van der Waals surface area contributed by atoms with E-state index in [9.17, 15) is 5.11 Å². The first-order valence-electron chi connectivity index (χ1n) is 6.30. The first kappa shape index (κ1) is 12.1. The van der Waals surface area contributed by atoms with Gasteiger partial charge < -0.3 is 5.11 Å². The molecule has 0 saturated carbocycles. The molecule has 90 valence electrons. The molecule has 0 radical (unpaired) electrons. The predicted molar refractivity (Wildman–Crippen MR) is 68.0 cm³/mol. The van der Waals surface area contributed by atoms with E-state index < -0.39 is 5.41 Å². The van der Waals surface area contributed by atoms with Crippen LogP contribution in [0, 0.1) is 22.7 Å². The zero-order valence-corrected chi connectivity index (χ0v) is 10.5. The van der Waals surface area contributed by atoms with Crippen molar-refractivity contribution in [3.63, 3.8) is 0 Å². The maximum atomic E-state index is 10.3. The topological polar surface area (TPSA) is 44.0 Å². The van der Waals surface area contributed by atoms with Crippen molar-refractivity contribution in [2.45, 2.75) is 39.2 Å². The van der Waals surface area contributed by atoms with Gasteiger partial charge >= 0.3 is 0 Å². The lowest BCUT2D eigenvalue weighted by Gasteiger charge is -2.29. The van der Waals surface area contributed by atoms with Crippen LogP contribution in [0.15, 0.2) is 35.5 Å². The van der Waals surface area contributed by atoms with E-state index in [0.717, 1.165) is 24.8 Å². The fraction of sp³-hybridized carbons (Fsp3) is 0.533. The zero-order valence-electron chi connectivity index (χ0n) is 10.5. The molecule has 0 fully saturated rings. The van der Waals surface area contributed by atoms with Gasteiger partial charge in [-0.05, 0) is 36.8 Å². The number of hydrogen-bond donors (Lipinski definition) is 1. The number of nitrogens with zero attached hydrogens (tertiary/aromatic N) is 1. The van der Waals surface area contributed by atoms with Crippen molar-refractivity contribution >= 4 is 0 Å². The Kier molecular flexibility index (Phi) is 3.22. The third kappa shape index (κ3) is 2.21. The molecule has 0 heterocycles. The highest BCUT2D eigenvalue weighted by molar-refractivity contribution is 5.44. The first-order chi connectivity index (χ1) is 8.09. The van der Waals surface area contributed by atoms with Crippen LogP contribution >= 0.6 is 0 Å². The fourth-order valence-electron chi connectivity index (χ4n) is 2.57. The van der Waals surface area contributed by atoms with E-state index in [0.29, 0.717) is 5.92 Å². The highest BCUT2D eigenvalue weighted by atomic mass is 16.3. The van der Waals surface area contributed by atoms with Gasteiger partial charge in [0.05, 0.1) is 17.6 Å². The molecule has 3 atom stereocenters. The van der Waals surface area contributed by atoms with Crippen molar-refractivity contribution in [1.29, 1.82) is 5.26 Å². The van der Waals surface area contributed by atoms with E-state index in [2.05, 4.69) is 13.0 Å². The van der Waals surface area contributed by atoms with E-state index in [-0.39, 0.29) is 6.10 Å². The Morgan fingerprint density at radius 1 is 1.47 bits per heavy atom. The maximum Gasteiger partial charge on any atom is 0.0911 e. The first-order valence-corrected chi connectivity index (χ1v) is 6.30. The van der Waals surface area contributed by atoms with E-state index >= 15 is 0 Å².